The third-order valence-corrected chi connectivity index (χ3v) is 4.22. The van der Waals surface area contributed by atoms with Crippen molar-refractivity contribution in [1.82, 2.24) is 5.32 Å². The molecule has 1 aliphatic rings. The molecule has 0 amide bonds. The van der Waals surface area contributed by atoms with Gasteiger partial charge in [-0.15, -0.1) is 0 Å². The van der Waals surface area contributed by atoms with Crippen molar-refractivity contribution in [3.8, 4) is 0 Å². The van der Waals surface area contributed by atoms with Crippen LogP contribution in [0.25, 0.3) is 0 Å². The number of nitrogens with one attached hydrogen (secondary N) is 1. The maximum atomic E-state index is 3.64. The Morgan fingerprint density at radius 2 is 2.00 bits per heavy atom. The lowest BCUT2D eigenvalue weighted by atomic mass is 10.1. The molecule has 1 heterocycles. The van der Waals surface area contributed by atoms with Gasteiger partial charge in [-0.25, -0.2) is 0 Å². The molecule has 0 fully saturated rings. The van der Waals surface area contributed by atoms with Crippen molar-refractivity contribution in [2.45, 2.75) is 65.0 Å². The monoisotopic (exact) mass is 274 g/mol. The van der Waals surface area contributed by atoms with E-state index in [0.717, 1.165) is 6.54 Å². The Labute approximate surface area is 124 Å². The Kier molecular flexibility index (Phi) is 5.90. The molecule has 0 bridgehead atoms. The van der Waals surface area contributed by atoms with E-state index in [1.54, 1.807) is 0 Å². The van der Waals surface area contributed by atoms with E-state index >= 15 is 0 Å². The third kappa shape index (κ3) is 3.99. The summed E-state index contributed by atoms with van der Waals surface area (Å²) < 4.78 is 0. The number of benzene rings is 1. The summed E-state index contributed by atoms with van der Waals surface area (Å²) >= 11 is 0. The van der Waals surface area contributed by atoms with Crippen LogP contribution in [0.2, 0.25) is 0 Å². The fourth-order valence-electron chi connectivity index (χ4n) is 3.17. The number of nitrogens with zero attached hydrogens (tertiary/aromatic N) is 1. The number of hydrogen-bond acceptors (Lipinski definition) is 2. The largest absolute Gasteiger partial charge is 0.367 e. The average molecular weight is 274 g/mol. The topological polar surface area (TPSA) is 15.3 Å². The Morgan fingerprint density at radius 1 is 1.20 bits per heavy atom. The Hall–Kier alpha value is -1.02. The minimum atomic E-state index is 0.566. The zero-order valence-electron chi connectivity index (χ0n) is 13.4. The van der Waals surface area contributed by atoms with Crippen molar-refractivity contribution in [2.75, 3.05) is 18.0 Å². The van der Waals surface area contributed by atoms with E-state index in [1.165, 1.54) is 49.9 Å². The quantitative estimate of drug-likeness (QED) is 0.843. The van der Waals surface area contributed by atoms with Crippen LogP contribution >= 0.6 is 0 Å². The lowest BCUT2D eigenvalue weighted by molar-refractivity contribution is 0.469. The van der Waals surface area contributed by atoms with Gasteiger partial charge in [-0.1, -0.05) is 45.4 Å². The van der Waals surface area contributed by atoms with Gasteiger partial charge in [0.05, 0.1) is 0 Å². The molecule has 2 nitrogen and oxygen atoms in total. The molecule has 1 aliphatic heterocycles. The van der Waals surface area contributed by atoms with E-state index in [2.05, 4.69) is 55.3 Å². The van der Waals surface area contributed by atoms with Gasteiger partial charge in [0.25, 0.3) is 0 Å². The van der Waals surface area contributed by atoms with Gasteiger partial charge in [-0.05, 0) is 37.3 Å². The van der Waals surface area contributed by atoms with Crippen molar-refractivity contribution in [1.29, 1.82) is 0 Å². The molecule has 1 unspecified atom stereocenters. The molecule has 0 aliphatic carbocycles. The molecule has 1 aromatic carbocycles. The summed E-state index contributed by atoms with van der Waals surface area (Å²) in [6.07, 6.45) is 6.40. The molecule has 0 radical (unpaired) electrons. The molecule has 2 heteroatoms. The van der Waals surface area contributed by atoms with Crippen molar-refractivity contribution >= 4 is 5.69 Å². The second kappa shape index (κ2) is 7.68. The smallest absolute Gasteiger partial charge is 0.0414 e. The highest BCUT2D eigenvalue weighted by Crippen LogP contribution is 2.28. The van der Waals surface area contributed by atoms with E-state index in [0.29, 0.717) is 12.1 Å². The molecular weight excluding hydrogens is 244 g/mol. The molecule has 1 atom stereocenters. The first-order chi connectivity index (χ1) is 9.72. The summed E-state index contributed by atoms with van der Waals surface area (Å²) in [4.78, 5) is 2.67. The molecule has 0 saturated heterocycles. The summed E-state index contributed by atoms with van der Waals surface area (Å²) in [6.45, 7) is 9.08. The zero-order valence-corrected chi connectivity index (χ0v) is 13.4. The van der Waals surface area contributed by atoms with Gasteiger partial charge in [0.15, 0.2) is 0 Å². The number of hydrogen-bond donors (Lipinski definition) is 1. The number of para-hydroxylation sites is 1. The summed E-state index contributed by atoms with van der Waals surface area (Å²) in [5.74, 6) is 0. The van der Waals surface area contributed by atoms with Crippen molar-refractivity contribution in [3.63, 3.8) is 0 Å². The van der Waals surface area contributed by atoms with E-state index in [1.807, 2.05) is 0 Å². The van der Waals surface area contributed by atoms with E-state index in [-0.39, 0.29) is 0 Å². The van der Waals surface area contributed by atoms with Crippen molar-refractivity contribution in [2.24, 2.45) is 0 Å². The maximum absolute atomic E-state index is 3.64. The molecule has 1 aromatic rings. The lowest BCUT2D eigenvalue weighted by Crippen LogP contribution is -2.44. The standard InChI is InChI=1S/C18H30N2/c1-4-9-17(14-19-15(2)3)20-13-8-7-11-16-10-5-6-12-18(16)20/h5-6,10,12,15,17,19H,4,7-9,11,13-14H2,1-3H3. The number of aryl methyl sites for hydroxylation is 1. The van der Waals surface area contributed by atoms with Crippen LogP contribution < -0.4 is 10.2 Å². The zero-order chi connectivity index (χ0) is 14.4. The second-order valence-electron chi connectivity index (χ2n) is 6.28. The van der Waals surface area contributed by atoms with E-state index in [4.69, 9.17) is 0 Å². The summed E-state index contributed by atoms with van der Waals surface area (Å²) in [5.41, 5.74) is 3.02. The minimum Gasteiger partial charge on any atom is -0.367 e. The highest BCUT2D eigenvalue weighted by molar-refractivity contribution is 5.55. The molecular formula is C18H30N2. The first kappa shape index (κ1) is 15.4. The number of anilines is 1. The van der Waals surface area contributed by atoms with Gasteiger partial charge in [-0.2, -0.15) is 0 Å². The molecule has 2 rings (SSSR count). The third-order valence-electron chi connectivity index (χ3n) is 4.22. The Morgan fingerprint density at radius 3 is 2.75 bits per heavy atom. The second-order valence-corrected chi connectivity index (χ2v) is 6.28. The first-order valence-electron chi connectivity index (χ1n) is 8.30. The highest BCUT2D eigenvalue weighted by Gasteiger charge is 2.22. The predicted molar refractivity (Wildman–Crippen MR) is 88.6 cm³/mol. The molecule has 20 heavy (non-hydrogen) atoms. The van der Waals surface area contributed by atoms with Crippen LogP contribution in [-0.4, -0.2) is 25.2 Å². The van der Waals surface area contributed by atoms with E-state index in [9.17, 15) is 0 Å². The van der Waals surface area contributed by atoms with Gasteiger partial charge in [0.2, 0.25) is 0 Å². The van der Waals surface area contributed by atoms with Gasteiger partial charge in [-0.3, -0.25) is 0 Å². The molecule has 112 valence electrons. The van der Waals surface area contributed by atoms with Crippen molar-refractivity contribution < 1.29 is 0 Å². The van der Waals surface area contributed by atoms with Gasteiger partial charge in [0, 0.05) is 30.9 Å². The highest BCUT2D eigenvalue weighted by atomic mass is 15.2. The minimum absolute atomic E-state index is 0.566. The van der Waals surface area contributed by atoms with Crippen LogP contribution in [-0.2, 0) is 6.42 Å². The van der Waals surface area contributed by atoms with E-state index < -0.39 is 0 Å². The fraction of sp³-hybridized carbons (Fsp3) is 0.667. The lowest BCUT2D eigenvalue weighted by Gasteiger charge is -2.34. The van der Waals surface area contributed by atoms with Crippen LogP contribution in [0.4, 0.5) is 5.69 Å². The Balaban J connectivity index is 2.18. The van der Waals surface area contributed by atoms with Crippen LogP contribution in [0.15, 0.2) is 24.3 Å². The van der Waals surface area contributed by atoms with Crippen LogP contribution in [0.3, 0.4) is 0 Å². The fourth-order valence-corrected chi connectivity index (χ4v) is 3.17. The molecule has 0 spiro atoms. The number of fused-ring (bicyclic) bond motifs is 1. The van der Waals surface area contributed by atoms with Crippen LogP contribution in [0, 0.1) is 0 Å². The summed E-state index contributed by atoms with van der Waals surface area (Å²) in [6, 6.07) is 10.2. The summed E-state index contributed by atoms with van der Waals surface area (Å²) in [7, 11) is 0. The normalized spacial score (nSPS) is 16.9. The maximum Gasteiger partial charge on any atom is 0.0414 e. The van der Waals surface area contributed by atoms with Crippen molar-refractivity contribution in [3.05, 3.63) is 29.8 Å². The van der Waals surface area contributed by atoms with Gasteiger partial charge < -0.3 is 10.2 Å². The molecule has 1 N–H and O–H groups in total. The summed E-state index contributed by atoms with van der Waals surface area (Å²) in [5, 5.41) is 3.64. The molecule has 0 saturated carbocycles. The van der Waals surface area contributed by atoms with Crippen LogP contribution in [0.5, 0.6) is 0 Å². The van der Waals surface area contributed by atoms with Gasteiger partial charge >= 0.3 is 0 Å². The first-order valence-corrected chi connectivity index (χ1v) is 8.30. The average Bonchev–Trinajstić information content (AvgIpc) is 2.66. The van der Waals surface area contributed by atoms with Gasteiger partial charge in [0.1, 0.15) is 0 Å². The SMILES string of the molecule is CCCC(CNC(C)C)N1CCCCc2ccccc21. The van der Waals surface area contributed by atoms with Crippen LogP contribution in [0.1, 0.15) is 52.0 Å². The number of rotatable bonds is 6. The predicted octanol–water partition coefficient (Wildman–Crippen LogP) is 4.00. The Bertz CT molecular complexity index is 400. The molecule has 0 aromatic heterocycles.